The first-order valence-corrected chi connectivity index (χ1v) is 5.97. The zero-order valence-corrected chi connectivity index (χ0v) is 11.2. The van der Waals surface area contributed by atoms with Crippen LogP contribution < -0.4 is 5.32 Å². The smallest absolute Gasteiger partial charge is 0.317 e. The Kier molecular flexibility index (Phi) is 3.84. The van der Waals surface area contributed by atoms with E-state index in [2.05, 4.69) is 20.7 Å². The molecule has 2 aromatic heterocycles. The number of carbonyl (C=O) groups is 1. The van der Waals surface area contributed by atoms with E-state index in [9.17, 15) is 4.79 Å². The van der Waals surface area contributed by atoms with E-state index in [0.29, 0.717) is 13.1 Å². The van der Waals surface area contributed by atoms with Crippen molar-refractivity contribution in [3.63, 3.8) is 0 Å². The van der Waals surface area contributed by atoms with Gasteiger partial charge >= 0.3 is 6.03 Å². The van der Waals surface area contributed by atoms with Crippen LogP contribution in [0.25, 0.3) is 0 Å². The SMILES string of the molecule is Cc1noc(C)c1CN(C)C(=O)NCc1ccn[nH]1. The second kappa shape index (κ2) is 5.55. The highest BCUT2D eigenvalue weighted by molar-refractivity contribution is 5.73. The second-order valence-electron chi connectivity index (χ2n) is 4.40. The van der Waals surface area contributed by atoms with Crippen LogP contribution in [0.1, 0.15) is 22.7 Å². The highest BCUT2D eigenvalue weighted by atomic mass is 16.5. The van der Waals surface area contributed by atoms with Crippen LogP contribution in [0.5, 0.6) is 0 Å². The van der Waals surface area contributed by atoms with Crippen LogP contribution in [0, 0.1) is 13.8 Å². The van der Waals surface area contributed by atoms with Crippen molar-refractivity contribution < 1.29 is 9.32 Å². The third-order valence-corrected chi connectivity index (χ3v) is 2.91. The van der Waals surface area contributed by atoms with Crippen LogP contribution in [0.3, 0.4) is 0 Å². The van der Waals surface area contributed by atoms with Crippen LogP contribution >= 0.6 is 0 Å². The number of nitrogens with one attached hydrogen (secondary N) is 2. The normalized spacial score (nSPS) is 10.5. The van der Waals surface area contributed by atoms with E-state index >= 15 is 0 Å². The lowest BCUT2D eigenvalue weighted by molar-refractivity contribution is 0.206. The van der Waals surface area contributed by atoms with Crippen LogP contribution in [-0.2, 0) is 13.1 Å². The molecule has 0 radical (unpaired) electrons. The van der Waals surface area contributed by atoms with Crippen LogP contribution in [0.2, 0.25) is 0 Å². The Bertz CT molecular complexity index is 527. The zero-order valence-electron chi connectivity index (χ0n) is 11.2. The molecule has 2 heterocycles. The zero-order chi connectivity index (χ0) is 13.8. The second-order valence-corrected chi connectivity index (χ2v) is 4.40. The average molecular weight is 263 g/mol. The van der Waals surface area contributed by atoms with Crippen molar-refractivity contribution in [2.24, 2.45) is 0 Å². The molecule has 0 unspecified atom stereocenters. The number of urea groups is 1. The van der Waals surface area contributed by atoms with E-state index in [1.54, 1.807) is 18.1 Å². The minimum Gasteiger partial charge on any atom is -0.361 e. The molecule has 0 saturated heterocycles. The fourth-order valence-corrected chi connectivity index (χ4v) is 1.73. The molecule has 0 aliphatic carbocycles. The number of amides is 2. The molecule has 0 bridgehead atoms. The van der Waals surface area contributed by atoms with Gasteiger partial charge < -0.3 is 14.7 Å². The lowest BCUT2D eigenvalue weighted by Crippen LogP contribution is -2.36. The monoisotopic (exact) mass is 263 g/mol. The van der Waals surface area contributed by atoms with Gasteiger partial charge in [-0.15, -0.1) is 0 Å². The number of H-pyrrole nitrogens is 1. The van der Waals surface area contributed by atoms with E-state index in [0.717, 1.165) is 22.7 Å². The standard InChI is InChI=1S/C12H17N5O2/c1-8-11(9(2)19-16-8)7-17(3)12(18)13-6-10-4-5-14-15-10/h4-5H,6-7H2,1-3H3,(H,13,18)(H,14,15). The number of aromatic amines is 1. The summed E-state index contributed by atoms with van der Waals surface area (Å²) in [6.07, 6.45) is 1.65. The van der Waals surface area contributed by atoms with E-state index in [-0.39, 0.29) is 6.03 Å². The quantitative estimate of drug-likeness (QED) is 0.871. The summed E-state index contributed by atoms with van der Waals surface area (Å²) < 4.78 is 5.07. The number of rotatable bonds is 4. The Morgan fingerprint density at radius 2 is 2.32 bits per heavy atom. The lowest BCUT2D eigenvalue weighted by Gasteiger charge is -2.17. The van der Waals surface area contributed by atoms with Crippen molar-refractivity contribution in [2.45, 2.75) is 26.9 Å². The highest BCUT2D eigenvalue weighted by Gasteiger charge is 2.15. The largest absolute Gasteiger partial charge is 0.361 e. The van der Waals surface area contributed by atoms with Crippen molar-refractivity contribution in [3.8, 4) is 0 Å². The number of hydrogen-bond donors (Lipinski definition) is 2. The number of aryl methyl sites for hydroxylation is 2. The Morgan fingerprint density at radius 1 is 1.53 bits per heavy atom. The molecule has 2 amide bonds. The molecule has 0 aliphatic heterocycles. The summed E-state index contributed by atoms with van der Waals surface area (Å²) in [5.41, 5.74) is 2.61. The van der Waals surface area contributed by atoms with Crippen LogP contribution in [-0.4, -0.2) is 33.3 Å². The van der Waals surface area contributed by atoms with Crippen molar-refractivity contribution in [1.29, 1.82) is 0 Å². The summed E-state index contributed by atoms with van der Waals surface area (Å²) in [7, 11) is 1.73. The van der Waals surface area contributed by atoms with Crippen LogP contribution in [0.4, 0.5) is 4.79 Å². The van der Waals surface area contributed by atoms with E-state index < -0.39 is 0 Å². The summed E-state index contributed by atoms with van der Waals surface area (Å²) in [5, 5.41) is 13.3. The molecule has 0 aliphatic rings. The topological polar surface area (TPSA) is 87.1 Å². The van der Waals surface area contributed by atoms with Gasteiger partial charge in [0.1, 0.15) is 5.76 Å². The Balaban J connectivity index is 1.89. The molecule has 2 aromatic rings. The molecule has 19 heavy (non-hydrogen) atoms. The van der Waals surface area contributed by atoms with Gasteiger partial charge in [-0.2, -0.15) is 5.10 Å². The first-order chi connectivity index (χ1) is 9.08. The van der Waals surface area contributed by atoms with Crippen molar-refractivity contribution in [3.05, 3.63) is 35.0 Å². The Hall–Kier alpha value is -2.31. The number of aromatic nitrogens is 3. The van der Waals surface area contributed by atoms with Gasteiger partial charge in [-0.1, -0.05) is 5.16 Å². The predicted molar refractivity (Wildman–Crippen MR) is 68.3 cm³/mol. The van der Waals surface area contributed by atoms with Gasteiger partial charge in [0, 0.05) is 18.8 Å². The van der Waals surface area contributed by atoms with Crippen LogP contribution in [0.15, 0.2) is 16.8 Å². The fraction of sp³-hybridized carbons (Fsp3) is 0.417. The molecule has 2 N–H and O–H groups in total. The van der Waals surface area contributed by atoms with Gasteiger partial charge in [0.05, 0.1) is 24.5 Å². The van der Waals surface area contributed by atoms with Crippen molar-refractivity contribution >= 4 is 6.03 Å². The average Bonchev–Trinajstić information content (AvgIpc) is 3.00. The number of carbonyl (C=O) groups excluding carboxylic acids is 1. The van der Waals surface area contributed by atoms with Gasteiger partial charge in [0.25, 0.3) is 0 Å². The molecule has 2 rings (SSSR count). The van der Waals surface area contributed by atoms with Gasteiger partial charge in [-0.25, -0.2) is 4.79 Å². The molecular weight excluding hydrogens is 246 g/mol. The minimum absolute atomic E-state index is 0.158. The summed E-state index contributed by atoms with van der Waals surface area (Å²) in [4.78, 5) is 13.5. The summed E-state index contributed by atoms with van der Waals surface area (Å²) in [5.74, 6) is 0.741. The molecule has 102 valence electrons. The Morgan fingerprint density at radius 3 is 2.89 bits per heavy atom. The van der Waals surface area contributed by atoms with Gasteiger partial charge in [-0.3, -0.25) is 5.10 Å². The molecule has 0 spiro atoms. The van der Waals surface area contributed by atoms with E-state index in [1.807, 2.05) is 19.9 Å². The molecule has 0 atom stereocenters. The maximum atomic E-state index is 11.9. The van der Waals surface area contributed by atoms with E-state index in [4.69, 9.17) is 4.52 Å². The predicted octanol–water partition coefficient (Wildman–Crippen LogP) is 1.36. The maximum absolute atomic E-state index is 11.9. The first-order valence-electron chi connectivity index (χ1n) is 5.97. The van der Waals surface area contributed by atoms with Gasteiger partial charge in [-0.05, 0) is 19.9 Å². The number of hydrogen-bond acceptors (Lipinski definition) is 4. The third-order valence-electron chi connectivity index (χ3n) is 2.91. The first kappa shape index (κ1) is 13.1. The third kappa shape index (κ3) is 3.12. The lowest BCUT2D eigenvalue weighted by atomic mass is 10.2. The molecule has 0 saturated carbocycles. The van der Waals surface area contributed by atoms with E-state index in [1.165, 1.54) is 0 Å². The van der Waals surface area contributed by atoms with Gasteiger partial charge in [0.15, 0.2) is 0 Å². The Labute approximate surface area is 111 Å². The highest BCUT2D eigenvalue weighted by Crippen LogP contribution is 2.14. The minimum atomic E-state index is -0.158. The fourth-order valence-electron chi connectivity index (χ4n) is 1.73. The molecule has 7 heteroatoms. The summed E-state index contributed by atoms with van der Waals surface area (Å²) in [6.45, 7) is 4.59. The summed E-state index contributed by atoms with van der Waals surface area (Å²) in [6, 6.07) is 1.66. The summed E-state index contributed by atoms with van der Waals surface area (Å²) >= 11 is 0. The van der Waals surface area contributed by atoms with Crippen molar-refractivity contribution in [2.75, 3.05) is 7.05 Å². The van der Waals surface area contributed by atoms with Crippen molar-refractivity contribution in [1.82, 2.24) is 25.6 Å². The molecular formula is C12H17N5O2. The molecule has 0 aromatic carbocycles. The maximum Gasteiger partial charge on any atom is 0.317 e. The molecule has 7 nitrogen and oxygen atoms in total. The molecule has 0 fully saturated rings. The number of nitrogens with zero attached hydrogens (tertiary/aromatic N) is 3. The van der Waals surface area contributed by atoms with Gasteiger partial charge in [0.2, 0.25) is 0 Å².